The lowest BCUT2D eigenvalue weighted by Gasteiger charge is -2.30. The van der Waals surface area contributed by atoms with Crippen LogP contribution in [0.4, 0.5) is 0 Å². The Labute approximate surface area is 140 Å². The van der Waals surface area contributed by atoms with Gasteiger partial charge in [0.05, 0.1) is 24.8 Å². The van der Waals surface area contributed by atoms with Gasteiger partial charge < -0.3 is 10.0 Å². The highest BCUT2D eigenvalue weighted by molar-refractivity contribution is 7.10. The topological polar surface area (TPSA) is 40.5 Å². The first-order chi connectivity index (χ1) is 10.6. The molecule has 3 nitrogen and oxygen atoms in total. The van der Waals surface area contributed by atoms with E-state index in [1.807, 2.05) is 34.7 Å². The number of aliphatic hydroxyl groups is 1. The zero-order valence-electron chi connectivity index (χ0n) is 13.3. The summed E-state index contributed by atoms with van der Waals surface area (Å²) < 4.78 is 0. The molecule has 1 unspecified atom stereocenters. The van der Waals surface area contributed by atoms with Crippen LogP contribution in [0.5, 0.6) is 0 Å². The lowest BCUT2D eigenvalue weighted by molar-refractivity contribution is 0.0566. The molecule has 1 amide bonds. The minimum absolute atomic E-state index is 0.00179. The quantitative estimate of drug-likeness (QED) is 0.826. The summed E-state index contributed by atoms with van der Waals surface area (Å²) in [5.74, 6) is 0.0375. The average Bonchev–Trinajstić information content (AvgIpc) is 3.16. The first-order valence-corrected chi connectivity index (χ1v) is 9.39. The SMILES string of the molecule is CCc1c(C(=O)N(Cc2cccs2)C(CC)CO)csc1C. The van der Waals surface area contributed by atoms with Crippen molar-refractivity contribution in [2.24, 2.45) is 0 Å². The van der Waals surface area contributed by atoms with Gasteiger partial charge in [0.1, 0.15) is 0 Å². The minimum Gasteiger partial charge on any atom is -0.394 e. The van der Waals surface area contributed by atoms with E-state index in [0.717, 1.165) is 28.8 Å². The molecule has 0 spiro atoms. The molecular weight excluding hydrogens is 314 g/mol. The summed E-state index contributed by atoms with van der Waals surface area (Å²) in [4.78, 5) is 17.2. The molecule has 0 saturated heterocycles. The van der Waals surface area contributed by atoms with Crippen molar-refractivity contribution in [3.05, 3.63) is 43.8 Å². The molecule has 0 aliphatic carbocycles. The molecule has 0 fully saturated rings. The van der Waals surface area contributed by atoms with E-state index >= 15 is 0 Å². The number of rotatable bonds is 7. The Hall–Kier alpha value is -1.17. The summed E-state index contributed by atoms with van der Waals surface area (Å²) >= 11 is 3.27. The molecule has 1 atom stereocenters. The fourth-order valence-electron chi connectivity index (χ4n) is 2.64. The largest absolute Gasteiger partial charge is 0.394 e. The monoisotopic (exact) mass is 337 g/mol. The van der Waals surface area contributed by atoms with Crippen molar-refractivity contribution < 1.29 is 9.90 Å². The van der Waals surface area contributed by atoms with E-state index in [1.165, 1.54) is 4.88 Å². The fraction of sp³-hybridized carbons (Fsp3) is 0.471. The Kier molecular flexibility index (Phi) is 6.17. The Bertz CT molecular complexity index is 600. The van der Waals surface area contributed by atoms with E-state index in [1.54, 1.807) is 22.7 Å². The maximum atomic E-state index is 13.0. The van der Waals surface area contributed by atoms with Gasteiger partial charge >= 0.3 is 0 Å². The van der Waals surface area contributed by atoms with Gasteiger partial charge in [-0.1, -0.05) is 19.9 Å². The Morgan fingerprint density at radius 2 is 2.14 bits per heavy atom. The summed E-state index contributed by atoms with van der Waals surface area (Å²) in [5.41, 5.74) is 1.94. The van der Waals surface area contributed by atoms with E-state index < -0.39 is 0 Å². The van der Waals surface area contributed by atoms with Gasteiger partial charge in [0.15, 0.2) is 0 Å². The van der Waals surface area contributed by atoms with E-state index in [4.69, 9.17) is 0 Å². The summed E-state index contributed by atoms with van der Waals surface area (Å²) in [5, 5.41) is 13.6. The highest BCUT2D eigenvalue weighted by Crippen LogP contribution is 2.26. The normalized spacial score (nSPS) is 12.4. The van der Waals surface area contributed by atoms with Crippen LogP contribution in [-0.4, -0.2) is 28.6 Å². The van der Waals surface area contributed by atoms with E-state index in [0.29, 0.717) is 6.54 Å². The van der Waals surface area contributed by atoms with Crippen LogP contribution in [0.25, 0.3) is 0 Å². The van der Waals surface area contributed by atoms with Crippen LogP contribution >= 0.6 is 22.7 Å². The molecule has 0 aromatic carbocycles. The lowest BCUT2D eigenvalue weighted by Crippen LogP contribution is -2.41. The maximum Gasteiger partial charge on any atom is 0.255 e. The number of nitrogens with zero attached hydrogens (tertiary/aromatic N) is 1. The second kappa shape index (κ2) is 7.90. The lowest BCUT2D eigenvalue weighted by atomic mass is 10.1. The number of aryl methyl sites for hydroxylation is 1. The molecule has 2 heterocycles. The second-order valence-corrected chi connectivity index (χ2v) is 7.41. The van der Waals surface area contributed by atoms with Gasteiger partial charge in [0.25, 0.3) is 5.91 Å². The minimum atomic E-state index is -0.139. The predicted octanol–water partition coefficient (Wildman–Crippen LogP) is 4.09. The van der Waals surface area contributed by atoms with Crippen LogP contribution < -0.4 is 0 Å². The highest BCUT2D eigenvalue weighted by Gasteiger charge is 2.26. The van der Waals surface area contributed by atoms with Crippen molar-refractivity contribution in [2.45, 2.75) is 46.2 Å². The molecule has 2 aromatic heterocycles. The molecule has 0 aliphatic heterocycles. The fourth-order valence-corrected chi connectivity index (χ4v) is 4.27. The third kappa shape index (κ3) is 3.59. The van der Waals surface area contributed by atoms with Gasteiger partial charge in [-0.15, -0.1) is 22.7 Å². The van der Waals surface area contributed by atoms with Crippen molar-refractivity contribution in [1.29, 1.82) is 0 Å². The van der Waals surface area contributed by atoms with Gasteiger partial charge in [0, 0.05) is 15.1 Å². The second-order valence-electron chi connectivity index (χ2n) is 5.29. The molecule has 22 heavy (non-hydrogen) atoms. The van der Waals surface area contributed by atoms with Gasteiger partial charge in [-0.2, -0.15) is 0 Å². The highest BCUT2D eigenvalue weighted by atomic mass is 32.1. The molecule has 0 saturated carbocycles. The third-order valence-electron chi connectivity index (χ3n) is 3.98. The van der Waals surface area contributed by atoms with Gasteiger partial charge in [-0.25, -0.2) is 0 Å². The van der Waals surface area contributed by atoms with Crippen LogP contribution in [0.2, 0.25) is 0 Å². The third-order valence-corrected chi connectivity index (χ3v) is 5.79. The Morgan fingerprint density at radius 3 is 2.68 bits per heavy atom. The number of aliphatic hydroxyl groups excluding tert-OH is 1. The summed E-state index contributed by atoms with van der Waals surface area (Å²) in [7, 11) is 0. The summed E-state index contributed by atoms with van der Waals surface area (Å²) in [6.07, 6.45) is 1.61. The molecule has 0 bridgehead atoms. The number of amides is 1. The first kappa shape index (κ1) is 17.2. The van der Waals surface area contributed by atoms with Gasteiger partial charge in [-0.05, 0) is 36.8 Å². The van der Waals surface area contributed by atoms with E-state index in [2.05, 4.69) is 13.8 Å². The molecular formula is C17H23NO2S2. The van der Waals surface area contributed by atoms with Crippen LogP contribution in [0, 0.1) is 6.92 Å². The Morgan fingerprint density at radius 1 is 1.36 bits per heavy atom. The first-order valence-electron chi connectivity index (χ1n) is 7.63. The standard InChI is InChI=1S/C17H23NO2S2/c1-4-13(10-19)18(9-14-7-6-8-21-14)17(20)16-11-22-12(3)15(16)5-2/h6-8,11,13,19H,4-5,9-10H2,1-3H3. The summed E-state index contributed by atoms with van der Waals surface area (Å²) in [6.45, 7) is 6.72. The number of carbonyl (C=O) groups excluding carboxylic acids is 1. The smallest absolute Gasteiger partial charge is 0.255 e. The number of hydrogen-bond donors (Lipinski definition) is 1. The number of thiophene rings is 2. The van der Waals surface area contributed by atoms with Crippen LogP contribution in [0.3, 0.4) is 0 Å². The Balaban J connectivity index is 2.32. The molecule has 2 rings (SSSR count). The predicted molar refractivity (Wildman–Crippen MR) is 93.8 cm³/mol. The van der Waals surface area contributed by atoms with Crippen LogP contribution in [0.1, 0.15) is 45.9 Å². The van der Waals surface area contributed by atoms with Crippen LogP contribution in [-0.2, 0) is 13.0 Å². The number of hydrogen-bond acceptors (Lipinski definition) is 4. The van der Waals surface area contributed by atoms with Crippen molar-refractivity contribution in [3.8, 4) is 0 Å². The molecule has 0 radical (unpaired) electrons. The van der Waals surface area contributed by atoms with Crippen molar-refractivity contribution in [1.82, 2.24) is 4.90 Å². The van der Waals surface area contributed by atoms with Crippen molar-refractivity contribution in [2.75, 3.05) is 6.61 Å². The van der Waals surface area contributed by atoms with Gasteiger partial charge in [0.2, 0.25) is 0 Å². The van der Waals surface area contributed by atoms with Crippen molar-refractivity contribution in [3.63, 3.8) is 0 Å². The molecule has 5 heteroatoms. The number of carbonyl (C=O) groups is 1. The molecule has 0 aliphatic rings. The van der Waals surface area contributed by atoms with Crippen LogP contribution in [0.15, 0.2) is 22.9 Å². The van der Waals surface area contributed by atoms with Gasteiger partial charge in [-0.3, -0.25) is 4.79 Å². The zero-order chi connectivity index (χ0) is 16.1. The molecule has 120 valence electrons. The zero-order valence-corrected chi connectivity index (χ0v) is 15.0. The van der Waals surface area contributed by atoms with E-state index in [9.17, 15) is 9.90 Å². The molecule has 2 aromatic rings. The van der Waals surface area contributed by atoms with Crippen molar-refractivity contribution >= 4 is 28.6 Å². The van der Waals surface area contributed by atoms with E-state index in [-0.39, 0.29) is 18.6 Å². The average molecular weight is 338 g/mol. The maximum absolute atomic E-state index is 13.0. The summed E-state index contributed by atoms with van der Waals surface area (Å²) in [6, 6.07) is 3.89. The molecule has 1 N–H and O–H groups in total.